The molecular formula is C18H22N2O4. The quantitative estimate of drug-likeness (QED) is 0.868. The molecule has 3 rings (SSSR count). The largest absolute Gasteiger partial charge is 0.464 e. The number of aryl methyl sites for hydroxylation is 1. The van der Waals surface area contributed by atoms with Gasteiger partial charge in [0.15, 0.2) is 0 Å². The summed E-state index contributed by atoms with van der Waals surface area (Å²) in [6, 6.07) is 5.99. The molecule has 24 heavy (non-hydrogen) atoms. The van der Waals surface area contributed by atoms with Crippen molar-refractivity contribution in [2.45, 2.75) is 20.3 Å². The van der Waals surface area contributed by atoms with Crippen LogP contribution in [0.1, 0.15) is 18.1 Å². The molecule has 128 valence electrons. The van der Waals surface area contributed by atoms with Crippen LogP contribution in [0, 0.1) is 6.92 Å². The number of piperazine rings is 1. The normalized spacial score (nSPS) is 14.9. The number of rotatable bonds is 3. The van der Waals surface area contributed by atoms with E-state index in [1.54, 1.807) is 23.0 Å². The van der Waals surface area contributed by atoms with Crippen LogP contribution in [0.5, 0.6) is 0 Å². The van der Waals surface area contributed by atoms with Gasteiger partial charge in [-0.1, -0.05) is 12.1 Å². The summed E-state index contributed by atoms with van der Waals surface area (Å²) in [6.07, 6.45) is 1.67. The molecule has 0 N–H and O–H groups in total. The molecule has 2 aromatic rings. The third kappa shape index (κ3) is 3.37. The van der Waals surface area contributed by atoms with Crippen LogP contribution in [-0.4, -0.2) is 54.6 Å². The van der Waals surface area contributed by atoms with Crippen molar-refractivity contribution in [1.29, 1.82) is 0 Å². The van der Waals surface area contributed by atoms with E-state index in [1.165, 1.54) is 0 Å². The van der Waals surface area contributed by atoms with E-state index in [1.807, 2.05) is 25.1 Å². The summed E-state index contributed by atoms with van der Waals surface area (Å²) in [5.74, 6) is 0.0572. The first-order valence-electron chi connectivity index (χ1n) is 8.24. The standard InChI is InChI=1S/C18H22N2O4/c1-3-23-18(22)20-8-6-19(7-9-20)17(21)11-14-12-24-16-10-13(2)4-5-15(14)16/h4-5,10,12H,3,6-9,11H2,1-2H3. The van der Waals surface area contributed by atoms with Crippen molar-refractivity contribution in [3.63, 3.8) is 0 Å². The molecule has 0 saturated carbocycles. The molecule has 2 amide bonds. The van der Waals surface area contributed by atoms with Gasteiger partial charge in [0.25, 0.3) is 0 Å². The molecule has 1 aromatic carbocycles. The Balaban J connectivity index is 1.60. The fourth-order valence-corrected chi connectivity index (χ4v) is 2.96. The molecular weight excluding hydrogens is 308 g/mol. The van der Waals surface area contributed by atoms with Gasteiger partial charge in [-0.15, -0.1) is 0 Å². The molecule has 1 saturated heterocycles. The number of carbonyl (C=O) groups excluding carboxylic acids is 2. The summed E-state index contributed by atoms with van der Waals surface area (Å²) in [7, 11) is 0. The van der Waals surface area contributed by atoms with Gasteiger partial charge in [-0.05, 0) is 25.5 Å². The molecule has 2 heterocycles. The van der Waals surface area contributed by atoms with Gasteiger partial charge in [-0.25, -0.2) is 4.79 Å². The molecule has 0 aliphatic carbocycles. The molecule has 1 aromatic heterocycles. The minimum Gasteiger partial charge on any atom is -0.464 e. The van der Waals surface area contributed by atoms with Gasteiger partial charge >= 0.3 is 6.09 Å². The topological polar surface area (TPSA) is 63.0 Å². The van der Waals surface area contributed by atoms with Gasteiger partial charge in [0.2, 0.25) is 5.91 Å². The Morgan fingerprint density at radius 1 is 1.17 bits per heavy atom. The monoisotopic (exact) mass is 330 g/mol. The number of amides is 2. The SMILES string of the molecule is CCOC(=O)N1CCN(C(=O)Cc2coc3cc(C)ccc23)CC1. The van der Waals surface area contributed by atoms with Crippen LogP contribution in [0.2, 0.25) is 0 Å². The Morgan fingerprint density at radius 3 is 2.58 bits per heavy atom. The van der Waals surface area contributed by atoms with Crippen LogP contribution in [0.25, 0.3) is 11.0 Å². The Bertz CT molecular complexity index is 745. The lowest BCUT2D eigenvalue weighted by atomic mass is 10.1. The Kier molecular flexibility index (Phi) is 4.74. The lowest BCUT2D eigenvalue weighted by Crippen LogP contribution is -2.51. The van der Waals surface area contributed by atoms with E-state index < -0.39 is 0 Å². The maximum absolute atomic E-state index is 12.5. The highest BCUT2D eigenvalue weighted by molar-refractivity contribution is 5.88. The van der Waals surface area contributed by atoms with Crippen molar-refractivity contribution in [2.24, 2.45) is 0 Å². The highest BCUT2D eigenvalue weighted by Crippen LogP contribution is 2.23. The van der Waals surface area contributed by atoms with Gasteiger partial charge in [0, 0.05) is 37.1 Å². The molecule has 0 unspecified atom stereocenters. The lowest BCUT2D eigenvalue weighted by molar-refractivity contribution is -0.132. The van der Waals surface area contributed by atoms with Crippen molar-refractivity contribution < 1.29 is 18.7 Å². The second-order valence-electron chi connectivity index (χ2n) is 6.00. The van der Waals surface area contributed by atoms with Crippen molar-refractivity contribution in [3.05, 3.63) is 35.6 Å². The summed E-state index contributed by atoms with van der Waals surface area (Å²) in [5.41, 5.74) is 2.84. The van der Waals surface area contributed by atoms with E-state index >= 15 is 0 Å². The van der Waals surface area contributed by atoms with E-state index in [0.717, 1.165) is 22.1 Å². The number of nitrogens with zero attached hydrogens (tertiary/aromatic N) is 2. The lowest BCUT2D eigenvalue weighted by Gasteiger charge is -2.34. The predicted molar refractivity (Wildman–Crippen MR) is 89.8 cm³/mol. The minimum atomic E-state index is -0.305. The molecule has 6 nitrogen and oxygen atoms in total. The van der Waals surface area contributed by atoms with E-state index in [2.05, 4.69) is 0 Å². The van der Waals surface area contributed by atoms with Gasteiger partial charge < -0.3 is 19.0 Å². The third-order valence-corrected chi connectivity index (χ3v) is 4.31. The van der Waals surface area contributed by atoms with E-state index in [9.17, 15) is 9.59 Å². The number of fused-ring (bicyclic) bond motifs is 1. The van der Waals surface area contributed by atoms with Crippen LogP contribution < -0.4 is 0 Å². The average Bonchev–Trinajstić information content (AvgIpc) is 2.97. The number of hydrogen-bond donors (Lipinski definition) is 0. The molecule has 0 spiro atoms. The van der Waals surface area contributed by atoms with Crippen LogP contribution in [0.15, 0.2) is 28.9 Å². The minimum absolute atomic E-state index is 0.0572. The summed E-state index contributed by atoms with van der Waals surface area (Å²) in [5, 5.41) is 0.985. The number of carbonyl (C=O) groups is 2. The molecule has 1 aliphatic heterocycles. The first kappa shape index (κ1) is 16.4. The van der Waals surface area contributed by atoms with Crippen molar-refractivity contribution in [1.82, 2.24) is 9.80 Å². The fraction of sp³-hybridized carbons (Fsp3) is 0.444. The summed E-state index contributed by atoms with van der Waals surface area (Å²) >= 11 is 0. The van der Waals surface area contributed by atoms with Gasteiger partial charge in [0.1, 0.15) is 5.58 Å². The van der Waals surface area contributed by atoms with E-state index in [-0.39, 0.29) is 12.0 Å². The molecule has 0 radical (unpaired) electrons. The van der Waals surface area contributed by atoms with Crippen LogP contribution >= 0.6 is 0 Å². The maximum Gasteiger partial charge on any atom is 0.409 e. The predicted octanol–water partition coefficient (Wildman–Crippen LogP) is 2.58. The zero-order chi connectivity index (χ0) is 17.1. The van der Waals surface area contributed by atoms with Gasteiger partial charge in [0.05, 0.1) is 19.3 Å². The number of ether oxygens (including phenoxy) is 1. The van der Waals surface area contributed by atoms with Crippen LogP contribution in [0.4, 0.5) is 4.79 Å². The van der Waals surface area contributed by atoms with Crippen LogP contribution in [0.3, 0.4) is 0 Å². The van der Waals surface area contributed by atoms with Gasteiger partial charge in [-0.3, -0.25) is 4.79 Å². The summed E-state index contributed by atoms with van der Waals surface area (Å²) < 4.78 is 10.5. The number of benzene rings is 1. The smallest absolute Gasteiger partial charge is 0.409 e. The zero-order valence-electron chi connectivity index (χ0n) is 14.1. The Hall–Kier alpha value is -2.50. The van der Waals surface area contributed by atoms with E-state index in [0.29, 0.717) is 39.2 Å². The second kappa shape index (κ2) is 6.95. The molecule has 6 heteroatoms. The Labute approximate surface area is 141 Å². The maximum atomic E-state index is 12.5. The highest BCUT2D eigenvalue weighted by atomic mass is 16.6. The summed E-state index contributed by atoms with van der Waals surface area (Å²) in [6.45, 7) is 6.25. The molecule has 1 fully saturated rings. The van der Waals surface area contributed by atoms with Crippen molar-refractivity contribution >= 4 is 23.0 Å². The zero-order valence-corrected chi connectivity index (χ0v) is 14.1. The summed E-state index contributed by atoms with van der Waals surface area (Å²) in [4.78, 5) is 27.7. The first-order chi connectivity index (χ1) is 11.6. The molecule has 0 bridgehead atoms. The number of hydrogen-bond acceptors (Lipinski definition) is 4. The van der Waals surface area contributed by atoms with E-state index in [4.69, 9.17) is 9.15 Å². The van der Waals surface area contributed by atoms with Crippen molar-refractivity contribution in [2.75, 3.05) is 32.8 Å². The second-order valence-corrected chi connectivity index (χ2v) is 6.00. The first-order valence-corrected chi connectivity index (χ1v) is 8.24. The fourth-order valence-electron chi connectivity index (χ4n) is 2.96. The van der Waals surface area contributed by atoms with Crippen LogP contribution in [-0.2, 0) is 16.0 Å². The third-order valence-electron chi connectivity index (χ3n) is 4.31. The van der Waals surface area contributed by atoms with Gasteiger partial charge in [-0.2, -0.15) is 0 Å². The highest BCUT2D eigenvalue weighted by Gasteiger charge is 2.25. The average molecular weight is 330 g/mol. The number of furan rings is 1. The molecule has 1 aliphatic rings. The molecule has 0 atom stereocenters. The van der Waals surface area contributed by atoms with Crippen molar-refractivity contribution in [3.8, 4) is 0 Å². The Morgan fingerprint density at radius 2 is 1.88 bits per heavy atom.